The van der Waals surface area contributed by atoms with E-state index in [0.717, 1.165) is 30.5 Å². The molecule has 0 radical (unpaired) electrons. The molecule has 1 N–H and O–H groups in total. The molecule has 1 amide bonds. The Labute approximate surface area is 154 Å². The van der Waals surface area contributed by atoms with Gasteiger partial charge in [0.25, 0.3) is 0 Å². The van der Waals surface area contributed by atoms with Gasteiger partial charge in [-0.05, 0) is 43.9 Å². The fourth-order valence-electron chi connectivity index (χ4n) is 2.96. The van der Waals surface area contributed by atoms with Crippen molar-refractivity contribution in [2.24, 2.45) is 0 Å². The number of hydrogen-bond donors (Lipinski definition) is 1. The van der Waals surface area contributed by atoms with Crippen molar-refractivity contribution >= 4 is 11.8 Å². The minimum atomic E-state index is -0.424. The first-order chi connectivity index (χ1) is 12.7. The highest BCUT2D eigenvalue weighted by molar-refractivity contribution is 5.84. The summed E-state index contributed by atoms with van der Waals surface area (Å²) in [6.07, 6.45) is 2.44. The van der Waals surface area contributed by atoms with Crippen LogP contribution in [0.5, 0.6) is 0 Å². The third-order valence-electron chi connectivity index (χ3n) is 4.29. The maximum Gasteiger partial charge on any atom is 0.411 e. The van der Waals surface area contributed by atoms with Crippen LogP contribution in [0.1, 0.15) is 37.2 Å². The number of benzene rings is 2. The van der Waals surface area contributed by atoms with Crippen molar-refractivity contribution in [3.63, 3.8) is 0 Å². The van der Waals surface area contributed by atoms with E-state index < -0.39 is 6.09 Å². The molecule has 0 spiro atoms. The predicted molar refractivity (Wildman–Crippen MR) is 100 cm³/mol. The number of carbonyl (C=O) groups excluding carboxylic acids is 1. The molecule has 0 saturated carbocycles. The molecule has 2 aromatic rings. The summed E-state index contributed by atoms with van der Waals surface area (Å²) in [5.41, 5.74) is 3.04. The minimum Gasteiger partial charge on any atom is -0.450 e. The Morgan fingerprint density at radius 2 is 1.92 bits per heavy atom. The fraction of sp³-hybridized carbons (Fsp3) is 0.381. The summed E-state index contributed by atoms with van der Waals surface area (Å²) in [7, 11) is 0. The topological polar surface area (TPSA) is 56.8 Å². The first-order valence-electron chi connectivity index (χ1n) is 9.09. The van der Waals surface area contributed by atoms with Crippen LogP contribution in [0.2, 0.25) is 0 Å². The van der Waals surface area contributed by atoms with E-state index in [0.29, 0.717) is 13.2 Å². The molecule has 5 nitrogen and oxygen atoms in total. The highest BCUT2D eigenvalue weighted by Crippen LogP contribution is 2.28. The van der Waals surface area contributed by atoms with Crippen LogP contribution < -0.4 is 5.32 Å². The first kappa shape index (κ1) is 18.4. The molecule has 2 aromatic carbocycles. The summed E-state index contributed by atoms with van der Waals surface area (Å²) in [5.74, 6) is 0. The van der Waals surface area contributed by atoms with Gasteiger partial charge in [-0.25, -0.2) is 4.79 Å². The number of ether oxygens (including phenoxy) is 3. The summed E-state index contributed by atoms with van der Waals surface area (Å²) < 4.78 is 16.6. The fourth-order valence-corrected chi connectivity index (χ4v) is 2.96. The van der Waals surface area contributed by atoms with Gasteiger partial charge in [-0.1, -0.05) is 42.5 Å². The zero-order valence-electron chi connectivity index (χ0n) is 15.0. The standard InChI is InChI=1S/C21H25NO4/c1-2-24-21(23)22-18-13-11-16(12-14-18)7-6-10-19-15-25-20(26-19)17-8-4-3-5-9-17/h3-5,8-9,11-14,19-20H,2,6-7,10,15H2,1H3,(H,22,23). The van der Waals surface area contributed by atoms with Crippen LogP contribution in [0.3, 0.4) is 0 Å². The van der Waals surface area contributed by atoms with Crippen molar-refractivity contribution in [3.05, 3.63) is 65.7 Å². The zero-order chi connectivity index (χ0) is 18.2. The monoisotopic (exact) mass is 355 g/mol. The van der Waals surface area contributed by atoms with E-state index >= 15 is 0 Å². The van der Waals surface area contributed by atoms with Gasteiger partial charge in [-0.15, -0.1) is 0 Å². The van der Waals surface area contributed by atoms with Crippen molar-refractivity contribution < 1.29 is 19.0 Å². The van der Waals surface area contributed by atoms with E-state index in [4.69, 9.17) is 14.2 Å². The highest BCUT2D eigenvalue weighted by atomic mass is 16.7. The summed E-state index contributed by atoms with van der Waals surface area (Å²) in [4.78, 5) is 11.4. The number of aryl methyl sites for hydroxylation is 1. The number of amides is 1. The lowest BCUT2D eigenvalue weighted by Gasteiger charge is -2.11. The Bertz CT molecular complexity index is 687. The molecule has 3 rings (SSSR count). The highest BCUT2D eigenvalue weighted by Gasteiger charge is 2.26. The van der Waals surface area contributed by atoms with E-state index in [-0.39, 0.29) is 12.4 Å². The Balaban J connectivity index is 1.39. The maximum atomic E-state index is 11.4. The van der Waals surface area contributed by atoms with E-state index in [1.165, 1.54) is 5.56 Å². The molecule has 2 unspecified atom stereocenters. The largest absolute Gasteiger partial charge is 0.450 e. The second-order valence-corrected chi connectivity index (χ2v) is 6.27. The molecular weight excluding hydrogens is 330 g/mol. The normalized spacial score (nSPS) is 19.3. The average Bonchev–Trinajstić information content (AvgIpc) is 3.13. The second kappa shape index (κ2) is 9.36. The molecule has 0 aliphatic carbocycles. The van der Waals surface area contributed by atoms with Crippen molar-refractivity contribution in [1.82, 2.24) is 0 Å². The van der Waals surface area contributed by atoms with Gasteiger partial charge in [-0.2, -0.15) is 0 Å². The van der Waals surface area contributed by atoms with Crippen LogP contribution in [0.15, 0.2) is 54.6 Å². The van der Waals surface area contributed by atoms with Gasteiger partial charge < -0.3 is 14.2 Å². The van der Waals surface area contributed by atoms with Crippen LogP contribution in [0.4, 0.5) is 10.5 Å². The predicted octanol–water partition coefficient (Wildman–Crippen LogP) is 4.69. The van der Waals surface area contributed by atoms with Crippen molar-refractivity contribution in [3.8, 4) is 0 Å². The van der Waals surface area contributed by atoms with Gasteiger partial charge in [0.1, 0.15) is 0 Å². The van der Waals surface area contributed by atoms with Crippen LogP contribution in [0.25, 0.3) is 0 Å². The molecule has 0 bridgehead atoms. The molecule has 0 aromatic heterocycles. The lowest BCUT2D eigenvalue weighted by molar-refractivity contribution is -0.0613. The van der Waals surface area contributed by atoms with E-state index in [2.05, 4.69) is 5.32 Å². The number of anilines is 1. The Morgan fingerprint density at radius 3 is 2.65 bits per heavy atom. The molecule has 26 heavy (non-hydrogen) atoms. The first-order valence-corrected chi connectivity index (χ1v) is 9.09. The van der Waals surface area contributed by atoms with Gasteiger partial charge in [0.2, 0.25) is 0 Å². The third kappa shape index (κ3) is 5.31. The molecule has 138 valence electrons. The summed E-state index contributed by atoms with van der Waals surface area (Å²) in [6, 6.07) is 17.9. The Hall–Kier alpha value is -2.37. The SMILES string of the molecule is CCOC(=O)Nc1ccc(CCCC2COC(c3ccccc3)O2)cc1. The van der Waals surface area contributed by atoms with E-state index in [1.807, 2.05) is 54.6 Å². The smallest absolute Gasteiger partial charge is 0.411 e. The Morgan fingerprint density at radius 1 is 1.15 bits per heavy atom. The van der Waals surface area contributed by atoms with Crippen LogP contribution in [-0.4, -0.2) is 25.4 Å². The number of nitrogens with one attached hydrogen (secondary N) is 1. The molecule has 1 aliphatic rings. The molecule has 1 aliphatic heterocycles. The third-order valence-corrected chi connectivity index (χ3v) is 4.29. The van der Waals surface area contributed by atoms with Crippen molar-refractivity contribution in [1.29, 1.82) is 0 Å². The van der Waals surface area contributed by atoms with Crippen LogP contribution >= 0.6 is 0 Å². The van der Waals surface area contributed by atoms with Crippen molar-refractivity contribution in [2.75, 3.05) is 18.5 Å². The maximum absolute atomic E-state index is 11.4. The van der Waals surface area contributed by atoms with Gasteiger partial charge in [0.15, 0.2) is 6.29 Å². The molecule has 1 heterocycles. The van der Waals surface area contributed by atoms with Crippen LogP contribution in [0, 0.1) is 0 Å². The number of rotatable bonds is 7. The molecule has 1 fully saturated rings. The van der Waals surface area contributed by atoms with Gasteiger partial charge in [0, 0.05) is 11.3 Å². The molecular formula is C21H25NO4. The lowest BCUT2D eigenvalue weighted by atomic mass is 10.1. The van der Waals surface area contributed by atoms with Crippen LogP contribution in [-0.2, 0) is 20.6 Å². The minimum absolute atomic E-state index is 0.143. The lowest BCUT2D eigenvalue weighted by Crippen LogP contribution is -2.13. The van der Waals surface area contributed by atoms with E-state index in [1.54, 1.807) is 6.92 Å². The summed E-state index contributed by atoms with van der Waals surface area (Å²) in [5, 5.41) is 2.69. The summed E-state index contributed by atoms with van der Waals surface area (Å²) >= 11 is 0. The van der Waals surface area contributed by atoms with Crippen molar-refractivity contribution in [2.45, 2.75) is 38.6 Å². The second-order valence-electron chi connectivity index (χ2n) is 6.27. The van der Waals surface area contributed by atoms with E-state index in [9.17, 15) is 4.79 Å². The van der Waals surface area contributed by atoms with Gasteiger partial charge in [-0.3, -0.25) is 5.32 Å². The molecule has 5 heteroatoms. The summed E-state index contributed by atoms with van der Waals surface area (Å²) in [6.45, 7) is 2.79. The Kier molecular flexibility index (Phi) is 6.63. The number of hydrogen-bond acceptors (Lipinski definition) is 4. The number of carbonyl (C=O) groups is 1. The molecule has 2 atom stereocenters. The van der Waals surface area contributed by atoms with Gasteiger partial charge in [0.05, 0.1) is 19.3 Å². The average molecular weight is 355 g/mol. The zero-order valence-corrected chi connectivity index (χ0v) is 15.0. The quantitative estimate of drug-likeness (QED) is 0.783. The van der Waals surface area contributed by atoms with Gasteiger partial charge >= 0.3 is 6.09 Å². The molecule has 1 saturated heterocycles.